The number of hydrogen-bond acceptors (Lipinski definition) is 20. The number of para-hydroxylation sites is 2. The molecule has 4 aromatic rings. The molecule has 2 unspecified atom stereocenters. The molecular formula is C62H74N6O16S4. The summed E-state index contributed by atoms with van der Waals surface area (Å²) in [6, 6.07) is 22.0. The van der Waals surface area contributed by atoms with Crippen molar-refractivity contribution in [1.82, 2.24) is 9.96 Å². The number of nitrogens with one attached hydrogen (secondary N) is 1. The van der Waals surface area contributed by atoms with E-state index in [0.29, 0.717) is 98.9 Å². The number of nitrogens with zero attached hydrogens (tertiary/aromatic N) is 4. The van der Waals surface area contributed by atoms with Crippen molar-refractivity contribution in [3.63, 3.8) is 0 Å². The molecular weight excluding hydrogens is 1210 g/mol. The minimum absolute atomic E-state index is 0.0307. The van der Waals surface area contributed by atoms with Gasteiger partial charge in [0.05, 0.1) is 75.1 Å². The summed E-state index contributed by atoms with van der Waals surface area (Å²) in [5.74, 6) is -2.09. The highest BCUT2D eigenvalue weighted by Gasteiger charge is 2.55. The molecule has 5 aliphatic rings. The van der Waals surface area contributed by atoms with Gasteiger partial charge in [0.1, 0.15) is 13.2 Å². The normalized spacial score (nSPS) is 17.1. The zero-order valence-corrected chi connectivity index (χ0v) is 53.1. The van der Waals surface area contributed by atoms with Gasteiger partial charge in [-0.25, -0.2) is 4.79 Å². The van der Waals surface area contributed by atoms with Gasteiger partial charge in [0, 0.05) is 85.3 Å². The second kappa shape index (κ2) is 29.3. The van der Waals surface area contributed by atoms with Gasteiger partial charge >= 0.3 is 5.97 Å². The first-order valence-electron chi connectivity index (χ1n) is 28.9. The number of hydroxylamine groups is 2. The van der Waals surface area contributed by atoms with Gasteiger partial charge in [-0.2, -0.15) is 8.42 Å². The van der Waals surface area contributed by atoms with E-state index in [0.717, 1.165) is 59.3 Å². The van der Waals surface area contributed by atoms with Gasteiger partial charge in [-0.15, -0.1) is 5.06 Å². The van der Waals surface area contributed by atoms with Gasteiger partial charge in [0.25, 0.3) is 33.7 Å². The molecule has 26 heteroatoms. The zero-order valence-electron chi connectivity index (χ0n) is 49.8. The summed E-state index contributed by atoms with van der Waals surface area (Å²) in [5.41, 5.74) is 14.7. The van der Waals surface area contributed by atoms with E-state index in [9.17, 15) is 36.9 Å². The number of fused-ring (bicyclic) bond motifs is 2. The standard InChI is InChI=1S/C62H74N6O16S4/c1-61(2,87-86-27-17-55(88(74,75)76)60(73)84-68-56(69)14-15-57(68)70)38-65(21-22-80-25-26-81-24-23-77-3)44-29-40(36-82-53-33-47(63)45(31-51(53)78-4)59(72)67-50-13-9-7-11-43(50)35-62(67)18-19-62)28-41(30-44)37-83-54-34-48(64-39-85)46(32-52(54)79-5)58(71)66-20-16-42-10-6-8-12-49(42)66/h6-13,28,30-34,39,44,55H,14-27,29,35-38,63H2,1-5H3,(H,64,85)(H,74,75,76). The SMILES string of the molecule is COCCOCCOCCN(CC(C)(C)SSCCC(C(=O)ON1C(=O)CCC1=O)S(=O)(=O)O)C1C=C(COc2cc(NC=S)c(C(=O)N3CCc4ccccc43)cc2OC)C=C(COc2cc(N)c(C(=O)N3c4ccccc4CC34CC4)cc2OC)C1. The summed E-state index contributed by atoms with van der Waals surface area (Å²) in [6.45, 7) is 7.34. The van der Waals surface area contributed by atoms with Crippen LogP contribution in [0, 0.1) is 0 Å². The molecule has 3 heterocycles. The Morgan fingerprint density at radius 2 is 1.49 bits per heavy atom. The Morgan fingerprint density at radius 1 is 0.841 bits per heavy atom. The monoisotopic (exact) mass is 1290 g/mol. The molecule has 0 bridgehead atoms. The van der Waals surface area contributed by atoms with E-state index in [-0.39, 0.29) is 72.4 Å². The first kappa shape index (κ1) is 65.7. The van der Waals surface area contributed by atoms with E-state index in [2.05, 4.69) is 22.4 Å². The summed E-state index contributed by atoms with van der Waals surface area (Å²) < 4.78 is 76.3. The summed E-state index contributed by atoms with van der Waals surface area (Å²) in [4.78, 5) is 76.9. The Bertz CT molecular complexity index is 3430. The first-order chi connectivity index (χ1) is 42.3. The molecule has 88 heavy (non-hydrogen) atoms. The van der Waals surface area contributed by atoms with Crippen LogP contribution in [-0.2, 0) is 56.4 Å². The van der Waals surface area contributed by atoms with Crippen molar-refractivity contribution >= 4 is 102 Å². The number of imide groups is 1. The molecule has 472 valence electrons. The molecule has 4 aromatic carbocycles. The lowest BCUT2D eigenvalue weighted by Gasteiger charge is -2.38. The van der Waals surface area contributed by atoms with Crippen molar-refractivity contribution in [2.45, 2.75) is 86.8 Å². The lowest BCUT2D eigenvalue weighted by Crippen LogP contribution is -2.45. The van der Waals surface area contributed by atoms with Crippen LogP contribution in [0.2, 0.25) is 0 Å². The second-order valence-electron chi connectivity index (χ2n) is 22.4. The summed E-state index contributed by atoms with van der Waals surface area (Å²) >= 11 is 5.25. The molecule has 1 saturated heterocycles. The maximum absolute atomic E-state index is 14.5. The van der Waals surface area contributed by atoms with Gasteiger partial charge in [0.2, 0.25) is 0 Å². The van der Waals surface area contributed by atoms with Gasteiger partial charge in [-0.05, 0) is 98.9 Å². The lowest BCUT2D eigenvalue weighted by atomic mass is 9.94. The Hall–Kier alpha value is -6.75. The first-order valence-corrected chi connectivity index (χ1v) is 33.2. The van der Waals surface area contributed by atoms with Crippen molar-refractivity contribution in [2.24, 2.45) is 0 Å². The smallest absolute Gasteiger partial charge is 0.353 e. The van der Waals surface area contributed by atoms with Crippen LogP contribution in [-0.4, -0.2) is 173 Å². The number of benzene rings is 4. The topological polar surface area (TPSA) is 265 Å². The van der Waals surface area contributed by atoms with Crippen LogP contribution < -0.4 is 39.8 Å². The lowest BCUT2D eigenvalue weighted by molar-refractivity contribution is -0.197. The number of methoxy groups -OCH3 is 3. The van der Waals surface area contributed by atoms with E-state index < -0.39 is 37.9 Å². The highest BCUT2D eigenvalue weighted by molar-refractivity contribution is 8.77. The largest absolute Gasteiger partial charge is 0.493 e. The van der Waals surface area contributed by atoms with E-state index in [1.54, 1.807) is 36.3 Å². The third-order valence-electron chi connectivity index (χ3n) is 15.7. The van der Waals surface area contributed by atoms with E-state index in [4.69, 9.17) is 55.9 Å². The molecule has 1 spiro atoms. The fourth-order valence-corrected chi connectivity index (χ4v) is 14.8. The van der Waals surface area contributed by atoms with Gasteiger partial charge < -0.3 is 58.8 Å². The van der Waals surface area contributed by atoms with Crippen LogP contribution >= 0.6 is 33.8 Å². The van der Waals surface area contributed by atoms with Crippen LogP contribution in [0.15, 0.2) is 96.1 Å². The van der Waals surface area contributed by atoms with Gasteiger partial charge in [0.15, 0.2) is 28.2 Å². The number of hydrogen-bond donors (Lipinski definition) is 3. The summed E-state index contributed by atoms with van der Waals surface area (Å²) in [6.07, 6.45) is 7.11. The Labute approximate surface area is 525 Å². The van der Waals surface area contributed by atoms with Gasteiger partial charge in [-0.1, -0.05) is 82.4 Å². The number of carbonyl (C=O) groups excluding carboxylic acids is 5. The van der Waals surface area contributed by atoms with Crippen LogP contribution in [0.3, 0.4) is 0 Å². The zero-order chi connectivity index (χ0) is 62.8. The number of nitrogens with two attached hydrogens (primary N) is 1. The highest BCUT2D eigenvalue weighted by atomic mass is 33.1. The minimum Gasteiger partial charge on any atom is -0.493 e. The van der Waals surface area contributed by atoms with E-state index in [1.807, 2.05) is 67.3 Å². The Morgan fingerprint density at radius 3 is 2.17 bits per heavy atom. The quantitative estimate of drug-likeness (QED) is 0.0104. The highest BCUT2D eigenvalue weighted by Crippen LogP contribution is 2.54. The average molecular weight is 1290 g/mol. The molecule has 1 saturated carbocycles. The van der Waals surface area contributed by atoms with Crippen LogP contribution in [0.25, 0.3) is 0 Å². The third kappa shape index (κ3) is 15.8. The fourth-order valence-electron chi connectivity index (χ4n) is 11.3. The number of carbonyl (C=O) groups is 5. The number of rotatable bonds is 32. The molecule has 3 aliphatic heterocycles. The minimum atomic E-state index is -5.00. The van der Waals surface area contributed by atoms with Crippen LogP contribution in [0.5, 0.6) is 23.0 Å². The second-order valence-corrected chi connectivity index (χ2v) is 27.4. The van der Waals surface area contributed by atoms with Crippen molar-refractivity contribution in [2.75, 3.05) is 114 Å². The average Bonchev–Trinajstić information content (AvgIpc) is 1.59. The number of anilines is 4. The number of ether oxygens (including phenoxy) is 7. The molecule has 22 nitrogen and oxygen atoms in total. The predicted octanol–water partition coefficient (Wildman–Crippen LogP) is 8.07. The van der Waals surface area contributed by atoms with E-state index in [1.165, 1.54) is 41.3 Å². The molecule has 9 rings (SSSR count). The van der Waals surface area contributed by atoms with Crippen molar-refractivity contribution in [3.05, 3.63) is 118 Å². The molecule has 4 N–H and O–H groups in total. The molecule has 4 amide bonds. The van der Waals surface area contributed by atoms with Crippen LogP contribution in [0.4, 0.5) is 22.7 Å². The van der Waals surface area contributed by atoms with Crippen molar-refractivity contribution in [3.8, 4) is 23.0 Å². The molecule has 2 aliphatic carbocycles. The van der Waals surface area contributed by atoms with E-state index >= 15 is 0 Å². The third-order valence-corrected chi connectivity index (χ3v) is 20.3. The molecule has 2 atom stereocenters. The Balaban J connectivity index is 0.973. The summed E-state index contributed by atoms with van der Waals surface area (Å²) in [5, 5.41) is 1.26. The van der Waals surface area contributed by atoms with Gasteiger partial charge in [-0.3, -0.25) is 28.6 Å². The molecule has 2 fully saturated rings. The van der Waals surface area contributed by atoms with Crippen molar-refractivity contribution < 1.29 is 74.9 Å². The predicted molar refractivity (Wildman–Crippen MR) is 340 cm³/mol. The number of thiocarbonyl (C=S) groups is 1. The molecule has 0 aromatic heterocycles. The maximum Gasteiger partial charge on any atom is 0.353 e. The maximum atomic E-state index is 14.5. The van der Waals surface area contributed by atoms with Crippen LogP contribution in [0.1, 0.15) is 84.2 Å². The number of nitrogen functional groups attached to an aromatic ring is 1. The fraction of sp³-hybridized carbons (Fsp3) is 0.452. The van der Waals surface area contributed by atoms with Crippen molar-refractivity contribution in [1.29, 1.82) is 0 Å². The summed E-state index contributed by atoms with van der Waals surface area (Å²) in [7, 11) is 2.33. The number of amides is 4. The molecule has 0 radical (unpaired) electrons. The Kier molecular flexibility index (Phi) is 21.8.